The quantitative estimate of drug-likeness (QED) is 0.668. The molecule has 10 heteroatoms. The Balaban J connectivity index is 1.51. The molecule has 29 heavy (non-hydrogen) atoms. The highest BCUT2D eigenvalue weighted by Crippen LogP contribution is 2.17. The zero-order valence-corrected chi connectivity index (χ0v) is 17.1. The van der Waals surface area contributed by atoms with Crippen molar-refractivity contribution in [3.05, 3.63) is 42.7 Å². The van der Waals surface area contributed by atoms with Gasteiger partial charge in [-0.1, -0.05) is 31.0 Å². The molecule has 1 saturated carbocycles. The number of rotatable bonds is 8. The monoisotopic (exact) mass is 419 g/mol. The molecule has 0 spiro atoms. The average Bonchev–Trinajstić information content (AvgIpc) is 3.34. The van der Waals surface area contributed by atoms with E-state index in [-0.39, 0.29) is 29.9 Å². The molecule has 0 bridgehead atoms. The molecule has 1 aromatic carbocycles. The van der Waals surface area contributed by atoms with E-state index in [9.17, 15) is 18.0 Å². The van der Waals surface area contributed by atoms with E-state index in [0.29, 0.717) is 5.69 Å². The van der Waals surface area contributed by atoms with Gasteiger partial charge in [0, 0.05) is 19.3 Å². The number of nitrogens with zero attached hydrogens (tertiary/aromatic N) is 3. The third-order valence-electron chi connectivity index (χ3n) is 4.76. The summed E-state index contributed by atoms with van der Waals surface area (Å²) in [5, 5.41) is 9.65. The van der Waals surface area contributed by atoms with Crippen LogP contribution in [0.5, 0.6) is 0 Å². The number of amides is 2. The molecule has 1 aliphatic carbocycles. The molecule has 0 radical (unpaired) electrons. The summed E-state index contributed by atoms with van der Waals surface area (Å²) in [7, 11) is -2.40. The van der Waals surface area contributed by atoms with Crippen LogP contribution in [0.2, 0.25) is 0 Å². The first-order chi connectivity index (χ1) is 13.8. The van der Waals surface area contributed by atoms with Crippen molar-refractivity contribution < 1.29 is 18.0 Å². The molecule has 1 fully saturated rings. The van der Waals surface area contributed by atoms with Crippen molar-refractivity contribution in [1.29, 1.82) is 0 Å². The van der Waals surface area contributed by atoms with Crippen LogP contribution in [-0.2, 0) is 26.2 Å². The van der Waals surface area contributed by atoms with Crippen LogP contribution in [0, 0.1) is 0 Å². The fourth-order valence-electron chi connectivity index (χ4n) is 3.27. The second-order valence-electron chi connectivity index (χ2n) is 7.10. The lowest BCUT2D eigenvalue weighted by Crippen LogP contribution is -2.35. The maximum atomic E-state index is 12.5. The molecule has 3 rings (SSSR count). The smallest absolute Gasteiger partial charge is 0.243 e. The number of carbonyl (C=O) groups is 2. The lowest BCUT2D eigenvalue weighted by Gasteiger charge is -2.16. The first-order valence-electron chi connectivity index (χ1n) is 9.47. The van der Waals surface area contributed by atoms with Crippen molar-refractivity contribution in [3.63, 3.8) is 0 Å². The summed E-state index contributed by atoms with van der Waals surface area (Å²) in [4.78, 5) is 24.4. The van der Waals surface area contributed by atoms with Crippen LogP contribution in [-0.4, -0.2) is 54.0 Å². The predicted octanol–water partition coefficient (Wildman–Crippen LogP) is 1.20. The second-order valence-corrected chi connectivity index (χ2v) is 9.14. The van der Waals surface area contributed by atoms with Gasteiger partial charge in [-0.2, -0.15) is 9.40 Å². The minimum atomic E-state index is -3.75. The Morgan fingerprint density at radius 3 is 2.55 bits per heavy atom. The third kappa shape index (κ3) is 5.64. The van der Waals surface area contributed by atoms with Crippen LogP contribution in [0.25, 0.3) is 0 Å². The Morgan fingerprint density at radius 2 is 1.86 bits per heavy atom. The molecule has 0 aliphatic heterocycles. The van der Waals surface area contributed by atoms with Gasteiger partial charge in [0.25, 0.3) is 0 Å². The topological polar surface area (TPSA) is 113 Å². The summed E-state index contributed by atoms with van der Waals surface area (Å²) in [6, 6.07) is 8.15. The van der Waals surface area contributed by atoms with E-state index in [2.05, 4.69) is 15.7 Å². The minimum Gasteiger partial charge on any atom is -0.352 e. The maximum Gasteiger partial charge on any atom is 0.243 e. The van der Waals surface area contributed by atoms with Crippen molar-refractivity contribution in [2.45, 2.75) is 43.2 Å². The number of aromatic nitrogens is 2. The van der Waals surface area contributed by atoms with Crippen molar-refractivity contribution in [2.75, 3.05) is 18.9 Å². The molecule has 1 aliphatic rings. The molecule has 2 amide bonds. The molecular formula is C19H25N5O4S. The Bertz CT molecular complexity index is 952. The highest BCUT2D eigenvalue weighted by Gasteiger charge is 2.23. The maximum absolute atomic E-state index is 12.5. The van der Waals surface area contributed by atoms with Crippen LogP contribution in [0.15, 0.2) is 47.6 Å². The van der Waals surface area contributed by atoms with Gasteiger partial charge >= 0.3 is 0 Å². The number of hydrogen-bond donors (Lipinski definition) is 2. The van der Waals surface area contributed by atoms with Crippen LogP contribution < -0.4 is 10.6 Å². The van der Waals surface area contributed by atoms with E-state index < -0.39 is 15.9 Å². The van der Waals surface area contributed by atoms with Crippen molar-refractivity contribution in [3.8, 4) is 0 Å². The number of sulfonamides is 1. The van der Waals surface area contributed by atoms with Gasteiger partial charge in [0.15, 0.2) is 0 Å². The SMILES string of the molecule is CN(CC(=O)Nc1cnn(CC(=O)NC2CCCC2)c1)S(=O)(=O)c1ccccc1. The molecule has 0 unspecified atom stereocenters. The predicted molar refractivity (Wildman–Crippen MR) is 108 cm³/mol. The zero-order valence-electron chi connectivity index (χ0n) is 16.2. The van der Waals surface area contributed by atoms with Crippen LogP contribution >= 0.6 is 0 Å². The zero-order chi connectivity index (χ0) is 20.9. The van der Waals surface area contributed by atoms with Crippen LogP contribution in [0.1, 0.15) is 25.7 Å². The molecule has 2 N–H and O–H groups in total. The lowest BCUT2D eigenvalue weighted by atomic mass is 10.2. The molecule has 0 atom stereocenters. The van der Waals surface area contributed by atoms with E-state index in [1.165, 1.54) is 36.3 Å². The molecule has 156 valence electrons. The summed E-state index contributed by atoms with van der Waals surface area (Å²) in [6.45, 7) is -0.279. The van der Waals surface area contributed by atoms with Gasteiger partial charge in [0.2, 0.25) is 21.8 Å². The Labute approximate surface area is 170 Å². The molecule has 1 aromatic heterocycles. The van der Waals surface area contributed by atoms with Gasteiger partial charge in [0.1, 0.15) is 6.54 Å². The van der Waals surface area contributed by atoms with Crippen molar-refractivity contribution >= 4 is 27.5 Å². The van der Waals surface area contributed by atoms with Gasteiger partial charge in [-0.05, 0) is 25.0 Å². The van der Waals surface area contributed by atoms with Gasteiger partial charge in [-0.3, -0.25) is 14.3 Å². The number of nitrogens with one attached hydrogen (secondary N) is 2. The standard InChI is InChI=1S/C19H25N5O4S/c1-23(29(27,28)17-9-3-2-4-10-17)13-18(25)22-16-11-20-24(12-16)14-19(26)21-15-7-5-6-8-15/h2-4,9-12,15H,5-8,13-14H2,1H3,(H,21,26)(H,22,25). The second kappa shape index (κ2) is 9.19. The Morgan fingerprint density at radius 1 is 1.17 bits per heavy atom. The molecule has 2 aromatic rings. The van der Waals surface area contributed by atoms with Crippen molar-refractivity contribution in [1.82, 2.24) is 19.4 Å². The molecule has 0 saturated heterocycles. The number of anilines is 1. The third-order valence-corrected chi connectivity index (χ3v) is 6.58. The van der Waals surface area contributed by atoms with Gasteiger partial charge < -0.3 is 10.6 Å². The van der Waals surface area contributed by atoms with Crippen LogP contribution in [0.3, 0.4) is 0 Å². The molecular weight excluding hydrogens is 394 g/mol. The Kier molecular flexibility index (Phi) is 6.65. The summed E-state index contributed by atoms with van der Waals surface area (Å²) >= 11 is 0. The number of hydrogen-bond acceptors (Lipinski definition) is 5. The van der Waals surface area contributed by atoms with E-state index in [4.69, 9.17) is 0 Å². The van der Waals surface area contributed by atoms with E-state index in [1.807, 2.05) is 0 Å². The fourth-order valence-corrected chi connectivity index (χ4v) is 4.41. The summed E-state index contributed by atoms with van der Waals surface area (Å²) in [5.74, 6) is -0.617. The number of likely N-dealkylation sites (N-methyl/N-ethyl adjacent to an activating group) is 1. The van der Waals surface area contributed by atoms with Crippen LogP contribution in [0.4, 0.5) is 5.69 Å². The highest BCUT2D eigenvalue weighted by molar-refractivity contribution is 7.89. The molecule has 1 heterocycles. The largest absolute Gasteiger partial charge is 0.352 e. The van der Waals surface area contributed by atoms with Gasteiger partial charge in [0.05, 0.1) is 23.3 Å². The first-order valence-corrected chi connectivity index (χ1v) is 10.9. The number of benzene rings is 1. The normalized spacial score (nSPS) is 14.8. The van der Waals surface area contributed by atoms with Crippen molar-refractivity contribution in [2.24, 2.45) is 0 Å². The lowest BCUT2D eigenvalue weighted by molar-refractivity contribution is -0.122. The molecule has 9 nitrogen and oxygen atoms in total. The summed E-state index contributed by atoms with van der Waals surface area (Å²) in [6.07, 6.45) is 7.25. The van der Waals surface area contributed by atoms with E-state index >= 15 is 0 Å². The first kappa shape index (κ1) is 21.0. The summed E-state index contributed by atoms with van der Waals surface area (Å²) < 4.78 is 27.4. The summed E-state index contributed by atoms with van der Waals surface area (Å²) in [5.41, 5.74) is 0.397. The van der Waals surface area contributed by atoms with Gasteiger partial charge in [-0.25, -0.2) is 8.42 Å². The highest BCUT2D eigenvalue weighted by atomic mass is 32.2. The van der Waals surface area contributed by atoms with E-state index in [1.54, 1.807) is 18.2 Å². The fraction of sp³-hybridized carbons (Fsp3) is 0.421. The van der Waals surface area contributed by atoms with E-state index in [0.717, 1.165) is 30.0 Å². The Hall–Kier alpha value is -2.72. The average molecular weight is 420 g/mol. The minimum absolute atomic E-state index is 0.0641. The van der Waals surface area contributed by atoms with Gasteiger partial charge in [-0.15, -0.1) is 0 Å². The number of carbonyl (C=O) groups excluding carboxylic acids is 2.